The highest BCUT2D eigenvalue weighted by molar-refractivity contribution is 4.93. The van der Waals surface area contributed by atoms with Gasteiger partial charge in [-0.15, -0.1) is 0 Å². The summed E-state index contributed by atoms with van der Waals surface area (Å²) in [4.78, 5) is 2.53. The van der Waals surface area contributed by atoms with Gasteiger partial charge in [0.05, 0.1) is 13.2 Å². The molecule has 0 bridgehead atoms. The fourth-order valence-electron chi connectivity index (χ4n) is 2.28. The summed E-state index contributed by atoms with van der Waals surface area (Å²) < 4.78 is 5.51. The smallest absolute Gasteiger partial charge is 0.0624 e. The van der Waals surface area contributed by atoms with Crippen molar-refractivity contribution in [2.45, 2.75) is 46.7 Å². The van der Waals surface area contributed by atoms with Crippen molar-refractivity contribution in [2.75, 3.05) is 26.3 Å². The molecule has 16 heavy (non-hydrogen) atoms. The monoisotopic (exact) mass is 228 g/mol. The van der Waals surface area contributed by atoms with Gasteiger partial charge in [-0.3, -0.25) is 4.90 Å². The molecule has 2 atom stereocenters. The normalized spacial score (nSPS) is 30.9. The number of nitrogens with zero attached hydrogens (tertiary/aromatic N) is 1. The van der Waals surface area contributed by atoms with E-state index in [9.17, 15) is 0 Å². The summed E-state index contributed by atoms with van der Waals surface area (Å²) in [6.07, 6.45) is 0. The van der Waals surface area contributed by atoms with E-state index in [2.05, 4.69) is 39.5 Å². The van der Waals surface area contributed by atoms with Crippen molar-refractivity contribution in [3.63, 3.8) is 0 Å². The molecule has 0 aromatic rings. The number of hydrogen-bond acceptors (Lipinski definition) is 3. The van der Waals surface area contributed by atoms with Crippen LogP contribution < -0.4 is 5.73 Å². The Morgan fingerprint density at radius 2 is 2.00 bits per heavy atom. The number of ether oxygens (including phenoxy) is 1. The van der Waals surface area contributed by atoms with Crippen LogP contribution in [0.2, 0.25) is 0 Å². The third kappa shape index (κ3) is 3.44. The van der Waals surface area contributed by atoms with Gasteiger partial charge in [-0.1, -0.05) is 20.8 Å². The lowest BCUT2D eigenvalue weighted by Gasteiger charge is -2.37. The molecule has 1 aliphatic heterocycles. The Bertz CT molecular complexity index is 218. The van der Waals surface area contributed by atoms with E-state index in [0.717, 1.165) is 19.7 Å². The molecule has 2 unspecified atom stereocenters. The lowest BCUT2D eigenvalue weighted by Crippen LogP contribution is -2.49. The zero-order valence-electron chi connectivity index (χ0n) is 11.5. The van der Waals surface area contributed by atoms with Crippen molar-refractivity contribution in [3.8, 4) is 0 Å². The van der Waals surface area contributed by atoms with Crippen LogP contribution in [0.1, 0.15) is 34.6 Å². The molecule has 96 valence electrons. The Labute approximate surface area is 100 Å². The zero-order valence-corrected chi connectivity index (χ0v) is 11.5. The molecule has 1 saturated heterocycles. The predicted octanol–water partition coefficient (Wildman–Crippen LogP) is 1.72. The second-order valence-electron chi connectivity index (χ2n) is 6.19. The molecule has 3 heteroatoms. The third-order valence-corrected chi connectivity index (χ3v) is 3.52. The minimum absolute atomic E-state index is 0.124. The number of rotatable bonds is 5. The molecule has 0 amide bonds. The van der Waals surface area contributed by atoms with Gasteiger partial charge in [0.1, 0.15) is 0 Å². The molecule has 0 aromatic heterocycles. The maximum atomic E-state index is 6.14. The second kappa shape index (κ2) is 5.48. The van der Waals surface area contributed by atoms with Crippen LogP contribution in [0.4, 0.5) is 0 Å². The van der Waals surface area contributed by atoms with Gasteiger partial charge in [0.25, 0.3) is 0 Å². The predicted molar refractivity (Wildman–Crippen MR) is 68.4 cm³/mol. The molecule has 1 aliphatic rings. The first kappa shape index (κ1) is 13.9. The first-order chi connectivity index (χ1) is 7.35. The van der Waals surface area contributed by atoms with E-state index >= 15 is 0 Å². The van der Waals surface area contributed by atoms with Crippen molar-refractivity contribution in [1.82, 2.24) is 4.90 Å². The van der Waals surface area contributed by atoms with Crippen molar-refractivity contribution >= 4 is 0 Å². The summed E-state index contributed by atoms with van der Waals surface area (Å²) in [5.74, 6) is 0.699. The maximum absolute atomic E-state index is 6.14. The summed E-state index contributed by atoms with van der Waals surface area (Å²) in [6.45, 7) is 15.0. The van der Waals surface area contributed by atoms with E-state index in [1.54, 1.807) is 0 Å². The highest BCUT2D eigenvalue weighted by Gasteiger charge is 2.39. The molecular weight excluding hydrogens is 200 g/mol. The minimum Gasteiger partial charge on any atom is -0.379 e. The van der Waals surface area contributed by atoms with E-state index in [-0.39, 0.29) is 11.5 Å². The molecule has 2 N–H and O–H groups in total. The molecule has 0 spiro atoms. The van der Waals surface area contributed by atoms with Crippen molar-refractivity contribution in [1.29, 1.82) is 0 Å². The Hall–Kier alpha value is -0.120. The molecule has 0 saturated carbocycles. The highest BCUT2D eigenvalue weighted by Crippen LogP contribution is 2.29. The van der Waals surface area contributed by atoms with Crippen LogP contribution in [-0.4, -0.2) is 43.3 Å². The quantitative estimate of drug-likeness (QED) is 0.778. The van der Waals surface area contributed by atoms with Gasteiger partial charge in [-0.25, -0.2) is 0 Å². The molecular formula is C13H28N2O. The van der Waals surface area contributed by atoms with Crippen LogP contribution in [-0.2, 0) is 4.74 Å². The molecule has 1 heterocycles. The summed E-state index contributed by atoms with van der Waals surface area (Å²) in [5, 5.41) is 0. The van der Waals surface area contributed by atoms with Crippen LogP contribution in [0.5, 0.6) is 0 Å². The number of nitrogens with two attached hydrogens (primary N) is 1. The zero-order chi connectivity index (χ0) is 12.3. The Morgan fingerprint density at radius 1 is 1.38 bits per heavy atom. The van der Waals surface area contributed by atoms with Crippen molar-refractivity contribution in [3.05, 3.63) is 0 Å². The largest absolute Gasteiger partial charge is 0.379 e. The van der Waals surface area contributed by atoms with Crippen LogP contribution in [0.15, 0.2) is 0 Å². The molecule has 0 radical (unpaired) electrons. The first-order valence-electron chi connectivity index (χ1n) is 6.42. The van der Waals surface area contributed by atoms with E-state index in [0.29, 0.717) is 18.6 Å². The van der Waals surface area contributed by atoms with Gasteiger partial charge in [-0.05, 0) is 19.8 Å². The lowest BCUT2D eigenvalue weighted by atomic mass is 9.84. The lowest BCUT2D eigenvalue weighted by molar-refractivity contribution is 0.0938. The highest BCUT2D eigenvalue weighted by atomic mass is 16.5. The number of hydrogen-bond donors (Lipinski definition) is 1. The summed E-state index contributed by atoms with van der Waals surface area (Å²) in [5.41, 5.74) is 6.26. The fraction of sp³-hybridized carbons (Fsp3) is 1.00. The SMILES string of the molecule is CC(C)CN(CC1(C)COCC1N)C(C)C. The van der Waals surface area contributed by atoms with E-state index < -0.39 is 0 Å². The Balaban J connectivity index is 2.60. The topological polar surface area (TPSA) is 38.5 Å². The third-order valence-electron chi connectivity index (χ3n) is 3.52. The molecule has 1 rings (SSSR count). The Morgan fingerprint density at radius 3 is 2.38 bits per heavy atom. The minimum atomic E-state index is 0.124. The van der Waals surface area contributed by atoms with Crippen molar-refractivity contribution in [2.24, 2.45) is 17.1 Å². The van der Waals surface area contributed by atoms with Gasteiger partial charge in [0.2, 0.25) is 0 Å². The van der Waals surface area contributed by atoms with Gasteiger partial charge < -0.3 is 10.5 Å². The van der Waals surface area contributed by atoms with Crippen LogP contribution >= 0.6 is 0 Å². The fourth-order valence-corrected chi connectivity index (χ4v) is 2.28. The maximum Gasteiger partial charge on any atom is 0.0624 e. The summed E-state index contributed by atoms with van der Waals surface area (Å²) >= 11 is 0. The van der Waals surface area contributed by atoms with E-state index in [1.165, 1.54) is 0 Å². The molecule has 0 aliphatic carbocycles. The summed E-state index contributed by atoms with van der Waals surface area (Å²) in [7, 11) is 0. The van der Waals surface area contributed by atoms with Gasteiger partial charge in [0.15, 0.2) is 0 Å². The van der Waals surface area contributed by atoms with Crippen LogP contribution in [0.25, 0.3) is 0 Å². The molecule has 3 nitrogen and oxygen atoms in total. The molecule has 0 aromatic carbocycles. The van der Waals surface area contributed by atoms with E-state index in [1.807, 2.05) is 0 Å². The van der Waals surface area contributed by atoms with Crippen LogP contribution in [0.3, 0.4) is 0 Å². The average Bonchev–Trinajstić information content (AvgIpc) is 2.45. The van der Waals surface area contributed by atoms with E-state index in [4.69, 9.17) is 10.5 Å². The average molecular weight is 228 g/mol. The molecule has 1 fully saturated rings. The Kier molecular flexibility index (Phi) is 4.77. The summed E-state index contributed by atoms with van der Waals surface area (Å²) in [6, 6.07) is 0.757. The van der Waals surface area contributed by atoms with Crippen LogP contribution in [0, 0.1) is 11.3 Å². The second-order valence-corrected chi connectivity index (χ2v) is 6.19. The van der Waals surface area contributed by atoms with Gasteiger partial charge in [-0.2, -0.15) is 0 Å². The standard InChI is InChI=1S/C13H28N2O/c1-10(2)6-15(11(3)4)8-13(5)9-16-7-12(13)14/h10-12H,6-9,14H2,1-5H3. The van der Waals surface area contributed by atoms with Gasteiger partial charge in [0, 0.05) is 30.6 Å². The first-order valence-corrected chi connectivity index (χ1v) is 6.42. The van der Waals surface area contributed by atoms with Gasteiger partial charge >= 0.3 is 0 Å². The van der Waals surface area contributed by atoms with Crippen molar-refractivity contribution < 1.29 is 4.74 Å².